The first-order valence-corrected chi connectivity index (χ1v) is 27.1. The van der Waals surface area contributed by atoms with Crippen LogP contribution in [0.4, 0.5) is 47.3 Å². The summed E-state index contributed by atoms with van der Waals surface area (Å²) in [6, 6.07) is 83.9. The lowest BCUT2D eigenvalue weighted by Crippen LogP contribution is -2.26. The molecule has 0 fully saturated rings. The van der Waals surface area contributed by atoms with Gasteiger partial charge in [0.2, 0.25) is 0 Å². The zero-order valence-corrected chi connectivity index (χ0v) is 43.3. The van der Waals surface area contributed by atoms with Gasteiger partial charge in [-0.25, -0.2) is 0 Å². The summed E-state index contributed by atoms with van der Waals surface area (Å²) >= 11 is 0. The van der Waals surface area contributed by atoms with Gasteiger partial charge in [-0.05, 0) is 175 Å². The summed E-state index contributed by atoms with van der Waals surface area (Å²) in [7, 11) is 0. The maximum absolute atomic E-state index is 13.7. The summed E-state index contributed by atoms with van der Waals surface area (Å²) < 4.78 is 59.2. The van der Waals surface area contributed by atoms with Crippen LogP contribution in [0.15, 0.2) is 251 Å². The van der Waals surface area contributed by atoms with E-state index in [1.54, 1.807) is 12.1 Å². The minimum absolute atomic E-state index is 0.312. The zero-order valence-electron chi connectivity index (χ0n) is 43.3. The van der Waals surface area contributed by atoms with Crippen LogP contribution in [-0.4, -0.2) is 6.36 Å². The fourth-order valence-corrected chi connectivity index (χ4v) is 14.0. The smallest absolute Gasteiger partial charge is 0.454 e. The number of furan rings is 2. The Bertz CT molecular complexity index is 5000. The Morgan fingerprint density at radius 3 is 1.43 bits per heavy atom. The van der Waals surface area contributed by atoms with Crippen molar-refractivity contribution < 1.29 is 26.7 Å². The quantitative estimate of drug-likeness (QED) is 0.159. The molecule has 2 aromatic heterocycles. The van der Waals surface area contributed by atoms with E-state index in [9.17, 15) is 13.2 Å². The Morgan fingerprint density at radius 1 is 0.370 bits per heavy atom. The second-order valence-corrected chi connectivity index (χ2v) is 21.4. The molecule has 2 heterocycles. The molecule has 3 aliphatic rings. The lowest BCUT2D eigenvalue weighted by Gasteiger charge is -2.33. The van der Waals surface area contributed by atoms with Crippen molar-refractivity contribution in [2.24, 2.45) is 0 Å². The van der Waals surface area contributed by atoms with E-state index in [1.807, 2.05) is 54.6 Å². The number of halogens is 3. The van der Waals surface area contributed by atoms with Crippen LogP contribution in [0, 0.1) is 6.92 Å². The fourth-order valence-electron chi connectivity index (χ4n) is 14.0. The molecule has 8 heteroatoms. The third-order valence-electron chi connectivity index (χ3n) is 17.2. The number of para-hydroxylation sites is 4. The fraction of sp³-hybridized carbons (Fsp3) is 0.0411. The van der Waals surface area contributed by atoms with Gasteiger partial charge in [-0.3, -0.25) is 0 Å². The van der Waals surface area contributed by atoms with Gasteiger partial charge in [0, 0.05) is 44.3 Å². The number of rotatable bonds is 7. The van der Waals surface area contributed by atoms with Crippen LogP contribution in [0.5, 0.6) is 5.75 Å². The Balaban J connectivity index is 0.965. The van der Waals surface area contributed by atoms with E-state index in [0.717, 1.165) is 106 Å². The number of benzene rings is 12. The molecule has 1 spiro atoms. The largest absolute Gasteiger partial charge is 0.573 e. The van der Waals surface area contributed by atoms with Crippen LogP contribution < -0.4 is 14.5 Å². The van der Waals surface area contributed by atoms with Crippen LogP contribution in [-0.2, 0) is 5.41 Å². The van der Waals surface area contributed by atoms with Crippen LogP contribution in [0.1, 0.15) is 27.8 Å². The summed E-state index contributed by atoms with van der Waals surface area (Å²) in [6.45, 7) is 2.11. The summed E-state index contributed by atoms with van der Waals surface area (Å²) in [6.07, 6.45) is -4.86. The zero-order chi connectivity index (χ0) is 53.9. The van der Waals surface area contributed by atoms with Crippen molar-refractivity contribution in [3.63, 3.8) is 0 Å². The van der Waals surface area contributed by atoms with Gasteiger partial charge in [-0.1, -0.05) is 157 Å². The summed E-state index contributed by atoms with van der Waals surface area (Å²) in [5.41, 5.74) is 22.2. The Labute approximate surface area is 462 Å². The van der Waals surface area contributed by atoms with E-state index >= 15 is 0 Å². The van der Waals surface area contributed by atoms with Crippen molar-refractivity contribution in [3.05, 3.63) is 270 Å². The molecule has 3 aliphatic carbocycles. The molecule has 1 unspecified atom stereocenters. The van der Waals surface area contributed by atoms with Crippen LogP contribution in [0.2, 0.25) is 0 Å². The maximum Gasteiger partial charge on any atom is 0.573 e. The van der Waals surface area contributed by atoms with Crippen molar-refractivity contribution >= 4 is 88.8 Å². The van der Waals surface area contributed by atoms with E-state index in [-0.39, 0.29) is 5.75 Å². The molecule has 1 atom stereocenters. The summed E-state index contributed by atoms with van der Waals surface area (Å²) in [4.78, 5) is 4.43. The lowest BCUT2D eigenvalue weighted by molar-refractivity contribution is -0.274. The molecule has 0 N–H and O–H groups in total. The van der Waals surface area contributed by atoms with Gasteiger partial charge in [0.15, 0.2) is 11.2 Å². The second-order valence-electron chi connectivity index (χ2n) is 21.4. The van der Waals surface area contributed by atoms with Crippen LogP contribution >= 0.6 is 0 Å². The van der Waals surface area contributed by atoms with Gasteiger partial charge >= 0.3 is 6.36 Å². The third-order valence-corrected chi connectivity index (χ3v) is 17.2. The number of hydrogen-bond acceptors (Lipinski definition) is 5. The van der Waals surface area contributed by atoms with Crippen molar-refractivity contribution in [2.75, 3.05) is 9.80 Å². The molecule has 81 heavy (non-hydrogen) atoms. The molecule has 384 valence electrons. The summed E-state index contributed by atoms with van der Waals surface area (Å²) in [5.74, 6) is -0.312. The average Bonchev–Trinajstić information content (AvgIpc) is 1.81. The van der Waals surface area contributed by atoms with Gasteiger partial charge < -0.3 is 23.4 Å². The van der Waals surface area contributed by atoms with Crippen molar-refractivity contribution in [1.29, 1.82) is 0 Å². The highest BCUT2D eigenvalue weighted by Gasteiger charge is 2.53. The minimum Gasteiger partial charge on any atom is -0.454 e. The topological polar surface area (TPSA) is 42.0 Å². The highest BCUT2D eigenvalue weighted by atomic mass is 19.4. The number of nitrogens with zero attached hydrogens (tertiary/aromatic N) is 2. The lowest BCUT2D eigenvalue weighted by atomic mass is 9.70. The van der Waals surface area contributed by atoms with Gasteiger partial charge in [0.05, 0.1) is 16.8 Å². The minimum atomic E-state index is -4.86. The third kappa shape index (κ3) is 6.44. The van der Waals surface area contributed by atoms with Crippen molar-refractivity contribution in [2.45, 2.75) is 18.7 Å². The van der Waals surface area contributed by atoms with E-state index in [1.165, 1.54) is 56.3 Å². The predicted octanol–water partition coefficient (Wildman–Crippen LogP) is 20.8. The molecule has 0 saturated heterocycles. The Kier molecular flexibility index (Phi) is 9.37. The molecule has 14 aromatic rings. The molecular weight excluding hydrogens is 1010 g/mol. The highest BCUT2D eigenvalue weighted by molar-refractivity contribution is 6.21. The van der Waals surface area contributed by atoms with E-state index in [4.69, 9.17) is 8.83 Å². The van der Waals surface area contributed by atoms with Gasteiger partial charge in [-0.15, -0.1) is 13.2 Å². The molecule has 0 saturated carbocycles. The number of ether oxygens (including phenoxy) is 1. The first kappa shape index (κ1) is 45.7. The van der Waals surface area contributed by atoms with Crippen LogP contribution in [0.25, 0.3) is 99.2 Å². The van der Waals surface area contributed by atoms with Gasteiger partial charge in [0.1, 0.15) is 16.9 Å². The normalized spacial score (nSPS) is 14.5. The van der Waals surface area contributed by atoms with E-state index < -0.39 is 11.8 Å². The second kappa shape index (κ2) is 16.6. The number of hydrogen-bond donors (Lipinski definition) is 0. The number of fused-ring (bicyclic) bond motifs is 20. The first-order valence-electron chi connectivity index (χ1n) is 27.1. The van der Waals surface area contributed by atoms with Crippen molar-refractivity contribution in [3.8, 4) is 50.3 Å². The Morgan fingerprint density at radius 2 is 0.840 bits per heavy atom. The molecular formula is C73H43F3N2O3. The molecule has 12 aromatic carbocycles. The molecule has 5 nitrogen and oxygen atoms in total. The number of alkyl halides is 3. The molecule has 0 bridgehead atoms. The Hall–Kier alpha value is -10.3. The number of aryl methyl sites for hydroxylation is 1. The van der Waals surface area contributed by atoms with Crippen LogP contribution in [0.3, 0.4) is 0 Å². The van der Waals surface area contributed by atoms with Crippen molar-refractivity contribution in [1.82, 2.24) is 0 Å². The molecule has 0 radical (unpaired) electrons. The monoisotopic (exact) mass is 1050 g/mol. The van der Waals surface area contributed by atoms with Gasteiger partial charge in [0.25, 0.3) is 0 Å². The maximum atomic E-state index is 13.7. The first-order chi connectivity index (χ1) is 39.7. The van der Waals surface area contributed by atoms with E-state index in [0.29, 0.717) is 11.3 Å². The predicted molar refractivity (Wildman–Crippen MR) is 320 cm³/mol. The standard InChI is InChI=1S/C73H43F3N2O3/c1-42-27-29-43(30-28-42)77(64-23-11-19-55-52-15-5-8-25-66(52)79-70(55)64)45-33-37-50-51-38-34-46(78(44-31-35-47(36-32-44)81-73(74,75)76)65-24-12-20-56-53-16-6-9-26-67(53)80-71(56)65)40-62(51)72(61(50)39-45)60-22-7-4-17-57(60)69-58-21-10-18-54-48-13-2-3-14-49(48)59(68(54)58)41-63(69)72/h2-41H,1H3. The molecule has 0 amide bonds. The summed E-state index contributed by atoms with van der Waals surface area (Å²) in [5, 5.41) is 6.41. The highest BCUT2D eigenvalue weighted by Crippen LogP contribution is 2.67. The molecule has 17 rings (SSSR count). The SMILES string of the molecule is Cc1ccc(N(c2ccc3c(c2)C2(c4cc(N(c5ccc(OC(F)(F)F)cc5)c5cccc6c5oc5ccccc56)ccc4-3)c3ccccc3-c3c2cc2c4c(cccc34)-c3ccccc3-2)c2cccc3c2oc2ccccc23)cc1. The van der Waals surface area contributed by atoms with E-state index in [2.05, 4.69) is 185 Å². The number of anilines is 6. The average molecular weight is 1050 g/mol. The molecule has 0 aliphatic heterocycles. The van der Waals surface area contributed by atoms with Gasteiger partial charge in [-0.2, -0.15) is 0 Å².